The maximum atomic E-state index is 13.8. The minimum absolute atomic E-state index is 0.0516. The van der Waals surface area contributed by atoms with Crippen LogP contribution in [-0.4, -0.2) is 21.1 Å². The van der Waals surface area contributed by atoms with Crippen LogP contribution < -0.4 is 11.3 Å². The number of fused-ring (bicyclic) bond motifs is 1. The lowest BCUT2D eigenvalue weighted by molar-refractivity contribution is 0.629. The summed E-state index contributed by atoms with van der Waals surface area (Å²) in [5.74, 6) is -0.164. The predicted molar refractivity (Wildman–Crippen MR) is 87.6 cm³/mol. The van der Waals surface area contributed by atoms with Crippen molar-refractivity contribution in [3.05, 3.63) is 63.2 Å². The van der Waals surface area contributed by atoms with Crippen LogP contribution in [0.25, 0.3) is 16.6 Å². The van der Waals surface area contributed by atoms with Crippen LogP contribution >= 0.6 is 11.6 Å². The van der Waals surface area contributed by atoms with Crippen LogP contribution in [-0.2, 0) is 6.42 Å². The molecular weight excluding hydrogens is 319 g/mol. The number of nitrogens with two attached hydrogens (primary N) is 1. The Kier molecular flexibility index (Phi) is 4.11. The van der Waals surface area contributed by atoms with Gasteiger partial charge in [-0.05, 0) is 37.2 Å². The van der Waals surface area contributed by atoms with Crippen LogP contribution in [0.1, 0.15) is 11.4 Å². The van der Waals surface area contributed by atoms with Crippen LogP contribution in [0.2, 0.25) is 5.02 Å². The normalized spacial score (nSPS) is 11.1. The number of pyridine rings is 1. The molecule has 2 aromatic heterocycles. The summed E-state index contributed by atoms with van der Waals surface area (Å²) in [4.78, 5) is 21.5. The maximum Gasteiger partial charge on any atom is 0.267 e. The molecule has 3 aromatic rings. The van der Waals surface area contributed by atoms with Crippen LogP contribution in [0.4, 0.5) is 4.39 Å². The molecule has 0 spiro atoms. The zero-order valence-electron chi connectivity index (χ0n) is 12.4. The van der Waals surface area contributed by atoms with Gasteiger partial charge in [-0.25, -0.2) is 9.37 Å². The fourth-order valence-electron chi connectivity index (χ4n) is 2.49. The average molecular weight is 333 g/mol. The molecule has 0 aliphatic heterocycles. The van der Waals surface area contributed by atoms with Crippen LogP contribution in [0.3, 0.4) is 0 Å². The van der Waals surface area contributed by atoms with E-state index in [0.717, 1.165) is 5.56 Å². The second kappa shape index (κ2) is 6.06. The third-order valence-corrected chi connectivity index (χ3v) is 3.99. The third-order valence-electron chi connectivity index (χ3n) is 3.62. The van der Waals surface area contributed by atoms with Crippen LogP contribution in [0.15, 0.2) is 35.4 Å². The monoisotopic (exact) mass is 332 g/mol. The molecule has 2 N–H and O–H groups in total. The first-order valence-electron chi connectivity index (χ1n) is 7.05. The molecule has 23 heavy (non-hydrogen) atoms. The fraction of sp³-hybridized carbons (Fsp3) is 0.188. The Hall–Kier alpha value is -2.31. The van der Waals surface area contributed by atoms with Crippen LogP contribution in [0, 0.1) is 12.7 Å². The van der Waals surface area contributed by atoms with Crippen molar-refractivity contribution in [2.24, 2.45) is 5.73 Å². The summed E-state index contributed by atoms with van der Waals surface area (Å²) >= 11 is 5.99. The van der Waals surface area contributed by atoms with Gasteiger partial charge in [-0.15, -0.1) is 0 Å². The number of rotatable bonds is 3. The fourth-order valence-corrected chi connectivity index (χ4v) is 2.73. The lowest BCUT2D eigenvalue weighted by atomic mass is 10.2. The molecule has 0 bridgehead atoms. The molecule has 0 unspecified atom stereocenters. The molecule has 0 atom stereocenters. The first-order valence-corrected chi connectivity index (χ1v) is 7.43. The van der Waals surface area contributed by atoms with E-state index in [2.05, 4.69) is 9.97 Å². The van der Waals surface area contributed by atoms with E-state index >= 15 is 0 Å². The van der Waals surface area contributed by atoms with E-state index in [9.17, 15) is 9.18 Å². The second-order valence-electron chi connectivity index (χ2n) is 5.12. The van der Waals surface area contributed by atoms with Crippen molar-refractivity contribution in [2.45, 2.75) is 13.3 Å². The average Bonchev–Trinajstić information content (AvgIpc) is 2.53. The molecule has 3 rings (SSSR count). The molecule has 1 aromatic carbocycles. The van der Waals surface area contributed by atoms with Gasteiger partial charge in [-0.1, -0.05) is 11.6 Å². The Bertz CT molecular complexity index is 955. The summed E-state index contributed by atoms with van der Waals surface area (Å²) in [5.41, 5.74) is 6.98. The summed E-state index contributed by atoms with van der Waals surface area (Å²) < 4.78 is 15.2. The second-order valence-corrected chi connectivity index (χ2v) is 5.50. The van der Waals surface area contributed by atoms with E-state index < -0.39 is 11.4 Å². The summed E-state index contributed by atoms with van der Waals surface area (Å²) in [6, 6.07) is 4.42. The highest BCUT2D eigenvalue weighted by atomic mass is 35.5. The molecule has 2 heterocycles. The highest BCUT2D eigenvalue weighted by molar-refractivity contribution is 6.35. The third kappa shape index (κ3) is 2.60. The Balaban J connectivity index is 2.46. The van der Waals surface area contributed by atoms with E-state index in [-0.39, 0.29) is 10.4 Å². The number of aromatic nitrogens is 3. The number of halogens is 2. The van der Waals surface area contributed by atoms with Crippen molar-refractivity contribution in [2.75, 3.05) is 6.54 Å². The van der Waals surface area contributed by atoms with Gasteiger partial charge in [0.1, 0.15) is 11.6 Å². The first-order chi connectivity index (χ1) is 11.0. The number of hydrogen-bond donors (Lipinski definition) is 1. The Morgan fingerprint density at radius 1 is 1.35 bits per heavy atom. The van der Waals surface area contributed by atoms with E-state index in [1.807, 2.05) is 6.92 Å². The summed E-state index contributed by atoms with van der Waals surface area (Å²) in [6.07, 6.45) is 3.60. The SMILES string of the molecule is Cc1ccncc1-n1c(CCN)nc2ccc(F)c(Cl)c2c1=O. The molecule has 5 nitrogen and oxygen atoms in total. The van der Waals surface area contributed by atoms with E-state index in [4.69, 9.17) is 17.3 Å². The minimum atomic E-state index is -0.654. The maximum absolute atomic E-state index is 13.8. The van der Waals surface area contributed by atoms with Gasteiger partial charge in [-0.3, -0.25) is 14.3 Å². The van der Waals surface area contributed by atoms with Crippen molar-refractivity contribution in [3.8, 4) is 5.69 Å². The van der Waals surface area contributed by atoms with Gasteiger partial charge in [0.2, 0.25) is 0 Å². The van der Waals surface area contributed by atoms with Crippen LogP contribution in [0.5, 0.6) is 0 Å². The molecule has 0 saturated carbocycles. The number of hydrogen-bond acceptors (Lipinski definition) is 4. The molecule has 0 amide bonds. The van der Waals surface area contributed by atoms with E-state index in [1.54, 1.807) is 18.5 Å². The summed E-state index contributed by atoms with van der Waals surface area (Å²) in [5, 5.41) is -0.176. The van der Waals surface area contributed by atoms with Gasteiger partial charge in [0, 0.05) is 12.6 Å². The molecule has 0 radical (unpaired) electrons. The van der Waals surface area contributed by atoms with Crippen molar-refractivity contribution >= 4 is 22.5 Å². The van der Waals surface area contributed by atoms with Gasteiger partial charge < -0.3 is 5.73 Å². The Morgan fingerprint density at radius 3 is 2.83 bits per heavy atom. The van der Waals surface area contributed by atoms with Gasteiger partial charge >= 0.3 is 0 Å². The Labute approximate surface area is 136 Å². The van der Waals surface area contributed by atoms with Gasteiger partial charge in [-0.2, -0.15) is 0 Å². The quantitative estimate of drug-likeness (QED) is 0.799. The molecule has 0 saturated heterocycles. The standard InChI is InChI=1S/C16H14ClFN4O/c1-9-5-7-20-8-12(9)22-13(4-6-19)21-11-3-2-10(18)15(17)14(11)16(22)23/h2-3,5,7-8H,4,6,19H2,1H3. The topological polar surface area (TPSA) is 73.8 Å². The molecule has 7 heteroatoms. The lowest BCUT2D eigenvalue weighted by Crippen LogP contribution is -2.26. The van der Waals surface area contributed by atoms with Crippen molar-refractivity contribution in [1.82, 2.24) is 14.5 Å². The van der Waals surface area contributed by atoms with Gasteiger partial charge in [0.05, 0.1) is 27.8 Å². The molecule has 0 fully saturated rings. The predicted octanol–water partition coefficient (Wildman–Crippen LogP) is 2.38. The zero-order chi connectivity index (χ0) is 16.6. The summed E-state index contributed by atoms with van der Waals surface area (Å²) in [6.45, 7) is 2.18. The lowest BCUT2D eigenvalue weighted by Gasteiger charge is -2.15. The molecule has 0 aliphatic rings. The van der Waals surface area contributed by atoms with Gasteiger partial charge in [0.15, 0.2) is 0 Å². The minimum Gasteiger partial charge on any atom is -0.330 e. The first kappa shape index (κ1) is 15.6. The molecule has 118 valence electrons. The highest BCUT2D eigenvalue weighted by Gasteiger charge is 2.17. The van der Waals surface area contributed by atoms with Crippen molar-refractivity contribution in [1.29, 1.82) is 0 Å². The largest absolute Gasteiger partial charge is 0.330 e. The number of benzene rings is 1. The molecule has 0 aliphatic carbocycles. The Morgan fingerprint density at radius 2 is 2.13 bits per heavy atom. The van der Waals surface area contributed by atoms with Crippen molar-refractivity contribution in [3.63, 3.8) is 0 Å². The zero-order valence-corrected chi connectivity index (χ0v) is 13.1. The number of nitrogens with zero attached hydrogens (tertiary/aromatic N) is 3. The number of aryl methyl sites for hydroxylation is 1. The smallest absolute Gasteiger partial charge is 0.267 e. The van der Waals surface area contributed by atoms with Crippen molar-refractivity contribution < 1.29 is 4.39 Å². The van der Waals surface area contributed by atoms with E-state index in [0.29, 0.717) is 30.0 Å². The highest BCUT2D eigenvalue weighted by Crippen LogP contribution is 2.24. The summed E-state index contributed by atoms with van der Waals surface area (Å²) in [7, 11) is 0. The molecular formula is C16H14ClFN4O. The van der Waals surface area contributed by atoms with E-state index in [1.165, 1.54) is 16.7 Å². The van der Waals surface area contributed by atoms with Gasteiger partial charge in [0.25, 0.3) is 5.56 Å².